The summed E-state index contributed by atoms with van der Waals surface area (Å²) in [6.45, 7) is 5.09. The van der Waals surface area contributed by atoms with E-state index in [-0.39, 0.29) is 12.1 Å². The largest absolute Gasteiger partial charge is 0.310 e. The molecule has 7 aromatic carbocycles. The van der Waals surface area contributed by atoms with Crippen molar-refractivity contribution in [1.29, 1.82) is 0 Å². The van der Waals surface area contributed by atoms with Crippen LogP contribution in [0.25, 0.3) is 28.5 Å². The molecule has 0 saturated heterocycles. The molecule has 2 aliphatic carbocycles. The highest BCUT2D eigenvalue weighted by molar-refractivity contribution is 6.91. The van der Waals surface area contributed by atoms with E-state index in [0.29, 0.717) is 0 Å². The number of allylic oxidation sites excluding steroid dienone is 4. The van der Waals surface area contributed by atoms with Crippen LogP contribution in [0.4, 0.5) is 17.1 Å². The molecule has 0 aromatic heterocycles. The van der Waals surface area contributed by atoms with Crippen molar-refractivity contribution >= 4 is 63.2 Å². The van der Waals surface area contributed by atoms with Gasteiger partial charge in [0.15, 0.2) is 0 Å². The number of hydrogen-bond acceptors (Lipinski definition) is 1. The highest BCUT2D eigenvalue weighted by atomic mass is 15.1. The summed E-state index contributed by atoms with van der Waals surface area (Å²) in [5.74, 6) is 0. The molecule has 9 rings (SSSR count). The minimum Gasteiger partial charge on any atom is -0.310 e. The van der Waals surface area contributed by atoms with E-state index in [1.807, 2.05) is 0 Å². The molecular weight excluding hydrogens is 637 g/mol. The van der Waals surface area contributed by atoms with E-state index < -0.39 is 0 Å². The first-order chi connectivity index (χ1) is 26.0. The van der Waals surface area contributed by atoms with E-state index >= 15 is 0 Å². The first kappa shape index (κ1) is 32.8. The SMILES string of the molecule is CC1(C)C2=C(CCC(B(c3ccccc3)c3ccccc3)=C2)c2ccc(C=Cc3ccc(N(c4ccccc4)c4ccc5ccccc5c4)cc3)cc21. The molecule has 1 nitrogen and oxygen atoms in total. The van der Waals surface area contributed by atoms with Crippen LogP contribution in [0.5, 0.6) is 0 Å². The van der Waals surface area contributed by atoms with Crippen LogP contribution in [0.1, 0.15) is 48.9 Å². The zero-order valence-corrected chi connectivity index (χ0v) is 30.4. The normalized spacial score (nSPS) is 14.6. The number of benzene rings is 7. The predicted octanol–water partition coefficient (Wildman–Crippen LogP) is 12.1. The van der Waals surface area contributed by atoms with E-state index in [0.717, 1.165) is 29.9 Å². The van der Waals surface area contributed by atoms with Crippen molar-refractivity contribution in [2.45, 2.75) is 32.1 Å². The topological polar surface area (TPSA) is 3.24 Å². The van der Waals surface area contributed by atoms with Gasteiger partial charge in [-0.2, -0.15) is 0 Å². The molecule has 254 valence electrons. The van der Waals surface area contributed by atoms with Crippen LogP contribution >= 0.6 is 0 Å². The Morgan fingerprint density at radius 2 is 1.08 bits per heavy atom. The molecule has 0 saturated carbocycles. The maximum Gasteiger partial charge on any atom is 0.237 e. The lowest BCUT2D eigenvalue weighted by Gasteiger charge is -2.28. The Labute approximate surface area is 314 Å². The van der Waals surface area contributed by atoms with Crippen LogP contribution in [0.2, 0.25) is 0 Å². The van der Waals surface area contributed by atoms with Crippen molar-refractivity contribution in [3.05, 3.63) is 215 Å². The van der Waals surface area contributed by atoms with E-state index in [4.69, 9.17) is 0 Å². The van der Waals surface area contributed by atoms with Gasteiger partial charge in [0.05, 0.1) is 0 Å². The lowest BCUT2D eigenvalue weighted by Crippen LogP contribution is -2.44. The van der Waals surface area contributed by atoms with Crippen LogP contribution in [0.3, 0.4) is 0 Å². The molecule has 0 spiro atoms. The molecule has 0 radical (unpaired) electrons. The molecule has 0 aliphatic heterocycles. The fourth-order valence-electron chi connectivity index (χ4n) is 8.58. The fourth-order valence-corrected chi connectivity index (χ4v) is 8.58. The smallest absolute Gasteiger partial charge is 0.237 e. The predicted molar refractivity (Wildman–Crippen MR) is 229 cm³/mol. The zero-order valence-electron chi connectivity index (χ0n) is 30.4. The molecule has 0 N–H and O–H groups in total. The summed E-state index contributed by atoms with van der Waals surface area (Å²) in [6, 6.07) is 63.9. The molecule has 0 unspecified atom stereocenters. The van der Waals surface area contributed by atoms with Gasteiger partial charge in [0.2, 0.25) is 6.71 Å². The van der Waals surface area contributed by atoms with Gasteiger partial charge in [-0.05, 0) is 93.4 Å². The maximum absolute atomic E-state index is 2.55. The van der Waals surface area contributed by atoms with Crippen LogP contribution in [0, 0.1) is 0 Å². The van der Waals surface area contributed by atoms with Crippen molar-refractivity contribution in [2.75, 3.05) is 4.90 Å². The minimum atomic E-state index is -0.0661. The third-order valence-electron chi connectivity index (χ3n) is 11.3. The standard InChI is InChI=1S/C51H42BN/c1-51(2)49-34-38(26-32-47(49)48-33-28-43(36-50(48)51)52(41-16-6-3-7-17-41)42-18-8-4-9-19-42)23-22-37-24-29-45(30-25-37)53(44-20-10-5-11-21-44)46-31-27-39-14-12-13-15-40(39)35-46/h3-27,29-32,34-36H,28,33H2,1-2H3. The summed E-state index contributed by atoms with van der Waals surface area (Å²) < 4.78 is 0. The third-order valence-corrected chi connectivity index (χ3v) is 11.3. The molecule has 0 amide bonds. The van der Waals surface area contributed by atoms with Gasteiger partial charge in [-0.1, -0.05) is 188 Å². The van der Waals surface area contributed by atoms with Gasteiger partial charge in [0, 0.05) is 22.5 Å². The Bertz CT molecular complexity index is 2470. The number of nitrogens with zero attached hydrogens (tertiary/aromatic N) is 1. The highest BCUT2D eigenvalue weighted by Crippen LogP contribution is 2.51. The summed E-state index contributed by atoms with van der Waals surface area (Å²) >= 11 is 0. The van der Waals surface area contributed by atoms with Crippen molar-refractivity contribution in [3.63, 3.8) is 0 Å². The van der Waals surface area contributed by atoms with E-state index in [1.54, 1.807) is 0 Å². The van der Waals surface area contributed by atoms with Gasteiger partial charge in [0.25, 0.3) is 0 Å². The van der Waals surface area contributed by atoms with Crippen LogP contribution in [0.15, 0.2) is 193 Å². The maximum atomic E-state index is 2.55. The van der Waals surface area contributed by atoms with E-state index in [2.05, 4.69) is 213 Å². The molecule has 0 bridgehead atoms. The minimum absolute atomic E-state index is 0.0661. The van der Waals surface area contributed by atoms with Gasteiger partial charge in [0.1, 0.15) is 0 Å². The second kappa shape index (κ2) is 13.8. The molecule has 0 atom stereocenters. The fraction of sp³-hybridized carbons (Fsp3) is 0.0980. The summed E-state index contributed by atoms with van der Waals surface area (Å²) in [5.41, 5.74) is 15.9. The van der Waals surface area contributed by atoms with E-state index in [1.165, 1.54) is 60.6 Å². The van der Waals surface area contributed by atoms with Crippen LogP contribution in [-0.2, 0) is 5.41 Å². The highest BCUT2D eigenvalue weighted by Gasteiger charge is 2.39. The van der Waals surface area contributed by atoms with Crippen molar-refractivity contribution < 1.29 is 0 Å². The molecule has 2 heteroatoms. The molecule has 53 heavy (non-hydrogen) atoms. The van der Waals surface area contributed by atoms with Crippen molar-refractivity contribution in [3.8, 4) is 0 Å². The van der Waals surface area contributed by atoms with Gasteiger partial charge in [-0.15, -0.1) is 0 Å². The van der Waals surface area contributed by atoms with Gasteiger partial charge in [-0.3, -0.25) is 0 Å². The van der Waals surface area contributed by atoms with E-state index in [9.17, 15) is 0 Å². The third kappa shape index (κ3) is 6.25. The monoisotopic (exact) mass is 679 g/mol. The molecule has 7 aromatic rings. The number of para-hydroxylation sites is 1. The molecular formula is C51H42BN. The number of anilines is 3. The average Bonchev–Trinajstić information content (AvgIpc) is 3.44. The summed E-state index contributed by atoms with van der Waals surface area (Å²) in [4.78, 5) is 2.33. The Hall–Kier alpha value is -6.12. The van der Waals surface area contributed by atoms with Gasteiger partial charge >= 0.3 is 0 Å². The summed E-state index contributed by atoms with van der Waals surface area (Å²) in [5, 5.41) is 2.48. The Kier molecular flexibility index (Phi) is 8.52. The average molecular weight is 680 g/mol. The lowest BCUT2D eigenvalue weighted by atomic mass is 9.35. The molecule has 0 heterocycles. The Morgan fingerprint density at radius 1 is 0.509 bits per heavy atom. The van der Waals surface area contributed by atoms with Crippen LogP contribution < -0.4 is 15.8 Å². The van der Waals surface area contributed by atoms with Crippen molar-refractivity contribution in [1.82, 2.24) is 0 Å². The first-order valence-electron chi connectivity index (χ1n) is 18.8. The Morgan fingerprint density at radius 3 is 1.77 bits per heavy atom. The van der Waals surface area contributed by atoms with Crippen LogP contribution in [-0.4, -0.2) is 6.71 Å². The molecule has 0 fully saturated rings. The number of hydrogen-bond donors (Lipinski definition) is 0. The van der Waals surface area contributed by atoms with Gasteiger partial charge in [-0.25, -0.2) is 0 Å². The lowest BCUT2D eigenvalue weighted by molar-refractivity contribution is 0.650. The number of fused-ring (bicyclic) bond motifs is 3. The summed E-state index contributed by atoms with van der Waals surface area (Å²) in [6.07, 6.45) is 9.21. The first-order valence-corrected chi connectivity index (χ1v) is 18.8. The van der Waals surface area contributed by atoms with Crippen molar-refractivity contribution in [2.24, 2.45) is 0 Å². The van der Waals surface area contributed by atoms with Gasteiger partial charge < -0.3 is 4.90 Å². The molecule has 2 aliphatic rings. The summed E-state index contributed by atoms with van der Waals surface area (Å²) in [7, 11) is 0. The Balaban J connectivity index is 0.985. The second-order valence-electron chi connectivity index (χ2n) is 14.9. The quantitative estimate of drug-likeness (QED) is 0.114. The second-order valence-corrected chi connectivity index (χ2v) is 14.9. The number of rotatable bonds is 8. The zero-order chi connectivity index (χ0) is 35.8.